The minimum absolute atomic E-state index is 0.0787. The summed E-state index contributed by atoms with van der Waals surface area (Å²) in [5.74, 6) is 0.568. The summed E-state index contributed by atoms with van der Waals surface area (Å²) in [6.07, 6.45) is -0.966. The van der Waals surface area contributed by atoms with Gasteiger partial charge in [0.25, 0.3) is 5.69 Å². The molecule has 0 saturated carbocycles. The zero-order chi connectivity index (χ0) is 17.7. The lowest BCUT2D eigenvalue weighted by Gasteiger charge is -2.15. The van der Waals surface area contributed by atoms with Gasteiger partial charge in [-0.05, 0) is 18.2 Å². The fourth-order valence-corrected chi connectivity index (χ4v) is 2.29. The highest BCUT2D eigenvalue weighted by atomic mass is 35.5. The van der Waals surface area contributed by atoms with Crippen molar-refractivity contribution >= 4 is 40.5 Å². The van der Waals surface area contributed by atoms with Crippen LogP contribution in [0.2, 0.25) is 15.1 Å². The zero-order valence-electron chi connectivity index (χ0n) is 12.1. The van der Waals surface area contributed by atoms with Gasteiger partial charge < -0.3 is 14.6 Å². The first-order valence-electron chi connectivity index (χ1n) is 6.69. The van der Waals surface area contributed by atoms with Gasteiger partial charge in [-0.2, -0.15) is 0 Å². The molecule has 0 spiro atoms. The van der Waals surface area contributed by atoms with E-state index in [1.54, 1.807) is 12.1 Å². The number of hydrogen-bond acceptors (Lipinski definition) is 5. The monoisotopic (exact) mass is 391 g/mol. The van der Waals surface area contributed by atoms with Gasteiger partial charge in [0, 0.05) is 23.2 Å². The molecule has 1 N–H and O–H groups in total. The molecule has 0 aliphatic rings. The summed E-state index contributed by atoms with van der Waals surface area (Å²) >= 11 is 17.7. The van der Waals surface area contributed by atoms with Crippen molar-refractivity contribution < 1.29 is 19.5 Å². The van der Waals surface area contributed by atoms with Crippen LogP contribution in [0.5, 0.6) is 11.5 Å². The lowest BCUT2D eigenvalue weighted by molar-refractivity contribution is -0.384. The molecular weight excluding hydrogens is 381 g/mol. The SMILES string of the molecule is O=[N+]([O-])c1ccc(OC[C@@H](O)COc2cc(Cl)ccc2Cl)c(Cl)c1. The molecule has 0 heterocycles. The molecule has 0 unspecified atom stereocenters. The van der Waals surface area contributed by atoms with Gasteiger partial charge in [-0.1, -0.05) is 34.8 Å². The largest absolute Gasteiger partial charge is 0.489 e. The molecule has 0 aliphatic heterocycles. The van der Waals surface area contributed by atoms with Crippen LogP contribution in [0.4, 0.5) is 5.69 Å². The Morgan fingerprint density at radius 3 is 2.29 bits per heavy atom. The molecular formula is C15H12Cl3NO5. The smallest absolute Gasteiger partial charge is 0.271 e. The highest BCUT2D eigenvalue weighted by Gasteiger charge is 2.13. The molecule has 0 amide bonds. The van der Waals surface area contributed by atoms with E-state index in [4.69, 9.17) is 44.3 Å². The average molecular weight is 393 g/mol. The Kier molecular flexibility index (Phi) is 6.51. The number of benzene rings is 2. The van der Waals surface area contributed by atoms with E-state index in [9.17, 15) is 15.2 Å². The highest BCUT2D eigenvalue weighted by molar-refractivity contribution is 6.34. The molecule has 2 aromatic carbocycles. The second-order valence-electron chi connectivity index (χ2n) is 4.72. The van der Waals surface area contributed by atoms with E-state index in [1.165, 1.54) is 24.3 Å². The Labute approximate surface area is 152 Å². The van der Waals surface area contributed by atoms with Crippen LogP contribution in [0.3, 0.4) is 0 Å². The van der Waals surface area contributed by atoms with Gasteiger partial charge in [0.05, 0.1) is 15.0 Å². The molecule has 9 heteroatoms. The minimum atomic E-state index is -0.966. The van der Waals surface area contributed by atoms with Gasteiger partial charge in [-0.25, -0.2) is 0 Å². The fraction of sp³-hybridized carbons (Fsp3) is 0.200. The van der Waals surface area contributed by atoms with Crippen LogP contribution in [0.1, 0.15) is 0 Å². The molecule has 0 aliphatic carbocycles. The van der Waals surface area contributed by atoms with Gasteiger partial charge in [0.2, 0.25) is 0 Å². The molecule has 0 bridgehead atoms. The first-order valence-corrected chi connectivity index (χ1v) is 7.83. The molecule has 0 aromatic heterocycles. The molecule has 0 saturated heterocycles. The normalized spacial score (nSPS) is 11.8. The number of ether oxygens (including phenoxy) is 2. The molecule has 24 heavy (non-hydrogen) atoms. The number of nitro groups is 1. The van der Waals surface area contributed by atoms with Crippen LogP contribution in [0, 0.1) is 10.1 Å². The minimum Gasteiger partial charge on any atom is -0.489 e. The Balaban J connectivity index is 1.88. The van der Waals surface area contributed by atoms with Crippen molar-refractivity contribution in [2.24, 2.45) is 0 Å². The molecule has 0 radical (unpaired) electrons. The number of hydrogen-bond donors (Lipinski definition) is 1. The molecule has 6 nitrogen and oxygen atoms in total. The lowest BCUT2D eigenvalue weighted by atomic mass is 10.3. The summed E-state index contributed by atoms with van der Waals surface area (Å²) in [5.41, 5.74) is -0.146. The first kappa shape index (κ1) is 18.6. The predicted octanol–water partition coefficient (Wildman–Crippen LogP) is 4.37. The molecule has 2 rings (SSSR count). The summed E-state index contributed by atoms with van der Waals surface area (Å²) in [4.78, 5) is 10.1. The van der Waals surface area contributed by atoms with Crippen molar-refractivity contribution in [3.05, 3.63) is 61.6 Å². The molecule has 2 aromatic rings. The van der Waals surface area contributed by atoms with Gasteiger partial charge in [0.1, 0.15) is 30.8 Å². The van der Waals surface area contributed by atoms with Crippen LogP contribution >= 0.6 is 34.8 Å². The third-order valence-electron chi connectivity index (χ3n) is 2.88. The first-order chi connectivity index (χ1) is 11.4. The van der Waals surface area contributed by atoms with Crippen molar-refractivity contribution in [3.8, 4) is 11.5 Å². The number of halogens is 3. The standard InChI is InChI=1S/C15H12Cl3NO5/c16-9-1-3-12(17)15(5-9)24-8-11(20)7-23-14-4-2-10(19(21)22)6-13(14)18/h1-6,11,20H,7-8H2/t11-/m1/s1. The van der Waals surface area contributed by atoms with Crippen LogP contribution < -0.4 is 9.47 Å². The third-order valence-corrected chi connectivity index (χ3v) is 3.72. The Bertz CT molecular complexity index is 741. The summed E-state index contributed by atoms with van der Waals surface area (Å²) < 4.78 is 10.7. The molecule has 128 valence electrons. The van der Waals surface area contributed by atoms with E-state index in [-0.39, 0.29) is 29.7 Å². The van der Waals surface area contributed by atoms with E-state index < -0.39 is 11.0 Å². The maximum absolute atomic E-state index is 10.6. The van der Waals surface area contributed by atoms with E-state index >= 15 is 0 Å². The van der Waals surface area contributed by atoms with Crippen LogP contribution in [0.25, 0.3) is 0 Å². The Morgan fingerprint density at radius 2 is 1.67 bits per heavy atom. The summed E-state index contributed by atoms with van der Waals surface area (Å²) in [6, 6.07) is 8.53. The Hall–Kier alpha value is -1.73. The van der Waals surface area contributed by atoms with E-state index in [1.807, 2.05) is 0 Å². The van der Waals surface area contributed by atoms with Crippen LogP contribution in [-0.4, -0.2) is 29.3 Å². The van der Waals surface area contributed by atoms with Crippen molar-refractivity contribution in [2.45, 2.75) is 6.10 Å². The van der Waals surface area contributed by atoms with Gasteiger partial charge in [-0.15, -0.1) is 0 Å². The summed E-state index contributed by atoms with van der Waals surface area (Å²) in [6.45, 7) is -0.194. The number of rotatable bonds is 7. The van der Waals surface area contributed by atoms with Crippen molar-refractivity contribution in [1.82, 2.24) is 0 Å². The second-order valence-corrected chi connectivity index (χ2v) is 5.97. The van der Waals surface area contributed by atoms with Gasteiger partial charge in [-0.3, -0.25) is 10.1 Å². The topological polar surface area (TPSA) is 81.8 Å². The van der Waals surface area contributed by atoms with Gasteiger partial charge >= 0.3 is 0 Å². The van der Waals surface area contributed by atoms with E-state index in [0.717, 1.165) is 0 Å². The predicted molar refractivity (Wildman–Crippen MR) is 91.6 cm³/mol. The van der Waals surface area contributed by atoms with Gasteiger partial charge in [0.15, 0.2) is 0 Å². The highest BCUT2D eigenvalue weighted by Crippen LogP contribution is 2.29. The van der Waals surface area contributed by atoms with Crippen molar-refractivity contribution in [2.75, 3.05) is 13.2 Å². The number of nitro benzene ring substituents is 1. The van der Waals surface area contributed by atoms with Crippen LogP contribution in [-0.2, 0) is 0 Å². The lowest BCUT2D eigenvalue weighted by Crippen LogP contribution is -2.25. The van der Waals surface area contributed by atoms with Crippen LogP contribution in [0.15, 0.2) is 36.4 Å². The summed E-state index contributed by atoms with van der Waals surface area (Å²) in [5, 5.41) is 21.4. The maximum Gasteiger partial charge on any atom is 0.271 e. The number of nitrogens with zero attached hydrogens (tertiary/aromatic N) is 1. The van der Waals surface area contributed by atoms with E-state index in [0.29, 0.717) is 15.8 Å². The fourth-order valence-electron chi connectivity index (χ4n) is 1.73. The zero-order valence-corrected chi connectivity index (χ0v) is 14.4. The molecule has 1 atom stereocenters. The summed E-state index contributed by atoms with van der Waals surface area (Å²) in [7, 11) is 0. The quantitative estimate of drug-likeness (QED) is 0.559. The second kappa shape index (κ2) is 8.39. The van der Waals surface area contributed by atoms with E-state index in [2.05, 4.69) is 0 Å². The number of non-ortho nitro benzene ring substituents is 1. The van der Waals surface area contributed by atoms with Crippen molar-refractivity contribution in [3.63, 3.8) is 0 Å². The Morgan fingerprint density at radius 1 is 1.00 bits per heavy atom. The third kappa shape index (κ3) is 5.14. The average Bonchev–Trinajstić information content (AvgIpc) is 2.54. The maximum atomic E-state index is 10.6. The number of aliphatic hydroxyl groups is 1. The number of aliphatic hydroxyl groups excluding tert-OH is 1. The molecule has 0 fully saturated rings. The van der Waals surface area contributed by atoms with Crippen molar-refractivity contribution in [1.29, 1.82) is 0 Å².